The fourth-order valence-electron chi connectivity index (χ4n) is 5.17. The van der Waals surface area contributed by atoms with Crippen LogP contribution in [0.15, 0.2) is 47.4 Å². The number of morpholine rings is 1. The minimum absolute atomic E-state index is 0.00445. The summed E-state index contributed by atoms with van der Waals surface area (Å²) in [6.45, 7) is 7.26. The number of nitrogens with one attached hydrogen (secondary N) is 1. The van der Waals surface area contributed by atoms with Crippen molar-refractivity contribution in [2.75, 3.05) is 64.9 Å². The monoisotopic (exact) mass is 636 g/mol. The number of hydrogen-bond acceptors (Lipinski definition) is 8. The Morgan fingerprint density at radius 3 is 2.56 bits per heavy atom. The molecule has 3 atom stereocenters. The number of aliphatic hydroxyl groups excluding tert-OH is 1. The van der Waals surface area contributed by atoms with Crippen molar-refractivity contribution in [3.63, 3.8) is 0 Å². The quantitative estimate of drug-likeness (QED) is 0.407. The highest BCUT2D eigenvalue weighted by Gasteiger charge is 2.33. The van der Waals surface area contributed by atoms with Gasteiger partial charge in [0.1, 0.15) is 11.9 Å². The fraction of sp³-hybridized carbons (Fsp3) is 0.533. The lowest BCUT2D eigenvalue weighted by atomic mass is 10.0. The molecule has 11 nitrogen and oxygen atoms in total. The van der Waals surface area contributed by atoms with Crippen molar-refractivity contribution in [1.29, 1.82) is 0 Å². The zero-order chi connectivity index (χ0) is 31.1. The predicted molar refractivity (Wildman–Crippen MR) is 164 cm³/mol. The molecule has 236 valence electrons. The Hall–Kier alpha value is -2.74. The lowest BCUT2D eigenvalue weighted by Crippen LogP contribution is -2.48. The third-order valence-electron chi connectivity index (χ3n) is 7.92. The number of rotatable bonds is 10. The maximum Gasteiger partial charge on any atom is 0.242 e. The topological polar surface area (TPSA) is 129 Å². The van der Waals surface area contributed by atoms with Gasteiger partial charge < -0.3 is 24.8 Å². The summed E-state index contributed by atoms with van der Waals surface area (Å²) in [6.07, 6.45) is -0.309. The highest BCUT2D eigenvalue weighted by Crippen LogP contribution is 2.30. The van der Waals surface area contributed by atoms with E-state index < -0.39 is 22.2 Å². The molecule has 0 spiro atoms. The van der Waals surface area contributed by atoms with Crippen LogP contribution < -0.4 is 10.1 Å². The van der Waals surface area contributed by atoms with E-state index in [9.17, 15) is 23.1 Å². The van der Waals surface area contributed by atoms with E-state index in [1.165, 1.54) is 35.6 Å². The largest absolute Gasteiger partial charge is 0.488 e. The van der Waals surface area contributed by atoms with E-state index in [1.54, 1.807) is 30.0 Å². The molecule has 2 aliphatic heterocycles. The van der Waals surface area contributed by atoms with E-state index in [4.69, 9.17) is 21.1 Å². The van der Waals surface area contributed by atoms with Gasteiger partial charge in [0.05, 0.1) is 43.7 Å². The number of anilines is 1. The van der Waals surface area contributed by atoms with Gasteiger partial charge in [-0.05, 0) is 49.4 Å². The molecule has 0 aliphatic carbocycles. The van der Waals surface area contributed by atoms with Gasteiger partial charge in [-0.1, -0.05) is 18.5 Å². The van der Waals surface area contributed by atoms with Crippen LogP contribution in [0.2, 0.25) is 5.02 Å². The van der Waals surface area contributed by atoms with Crippen LogP contribution >= 0.6 is 11.6 Å². The second kappa shape index (κ2) is 14.8. The molecule has 0 unspecified atom stereocenters. The first kappa shape index (κ1) is 33.2. The summed E-state index contributed by atoms with van der Waals surface area (Å²) >= 11 is 5.96. The standard InChI is InChI=1S/C30H41ClN4O7S/c1-21-18-35(22(2)20-36)30(38)17-23-16-25(32-29(37)10-11-34-12-14-41-15-13-34)6-9-27(23)42-28(21)19-33(3)43(39,40)26-7-4-24(31)5-8-26/h4-9,16,21-22,28,36H,10-15,17-20H2,1-3H3,(H,32,37)/t21-,22-,28-/m1/s1. The van der Waals surface area contributed by atoms with Crippen molar-refractivity contribution in [2.24, 2.45) is 5.92 Å². The Balaban J connectivity index is 1.56. The number of amides is 2. The summed E-state index contributed by atoms with van der Waals surface area (Å²) in [6, 6.07) is 10.7. The third kappa shape index (κ3) is 8.68. The van der Waals surface area contributed by atoms with Crippen LogP contribution in [0.4, 0.5) is 5.69 Å². The molecule has 0 bridgehead atoms. The minimum atomic E-state index is -3.85. The number of ether oxygens (including phenoxy) is 2. The summed E-state index contributed by atoms with van der Waals surface area (Å²) in [5.74, 6) is -0.187. The lowest BCUT2D eigenvalue weighted by molar-refractivity contribution is -0.134. The Morgan fingerprint density at radius 2 is 1.88 bits per heavy atom. The van der Waals surface area contributed by atoms with E-state index >= 15 is 0 Å². The smallest absolute Gasteiger partial charge is 0.242 e. The van der Waals surface area contributed by atoms with E-state index in [-0.39, 0.29) is 48.7 Å². The van der Waals surface area contributed by atoms with Gasteiger partial charge in [-0.15, -0.1) is 0 Å². The first-order valence-electron chi connectivity index (χ1n) is 14.5. The second-order valence-corrected chi connectivity index (χ2v) is 13.7. The van der Waals surface area contributed by atoms with Crippen LogP contribution in [0.25, 0.3) is 0 Å². The molecular weight excluding hydrogens is 596 g/mol. The Kier molecular flexibility index (Phi) is 11.4. The molecular formula is C30H41ClN4O7S. The van der Waals surface area contributed by atoms with E-state index in [1.807, 2.05) is 6.92 Å². The molecule has 2 heterocycles. The molecule has 0 radical (unpaired) electrons. The molecule has 1 saturated heterocycles. The van der Waals surface area contributed by atoms with Crippen molar-refractivity contribution in [2.45, 2.75) is 43.7 Å². The van der Waals surface area contributed by atoms with Gasteiger partial charge in [-0.3, -0.25) is 14.5 Å². The van der Waals surface area contributed by atoms with Gasteiger partial charge in [0.15, 0.2) is 0 Å². The van der Waals surface area contributed by atoms with Crippen LogP contribution in [0.1, 0.15) is 25.8 Å². The van der Waals surface area contributed by atoms with E-state index in [2.05, 4.69) is 10.2 Å². The number of nitrogens with zero attached hydrogens (tertiary/aromatic N) is 3. The molecule has 2 N–H and O–H groups in total. The van der Waals surface area contributed by atoms with Crippen molar-refractivity contribution in [3.05, 3.63) is 53.1 Å². The normalized spacial score (nSPS) is 20.9. The number of fused-ring (bicyclic) bond motifs is 1. The summed E-state index contributed by atoms with van der Waals surface area (Å²) in [5.41, 5.74) is 1.10. The molecule has 2 aliphatic rings. The molecule has 43 heavy (non-hydrogen) atoms. The number of halogens is 1. The second-order valence-electron chi connectivity index (χ2n) is 11.2. The SMILES string of the molecule is C[C@@H]1CN([C@H](C)CO)C(=O)Cc2cc(NC(=O)CCN3CCOCC3)ccc2O[C@@H]1CN(C)S(=O)(=O)c1ccc(Cl)cc1. The first-order chi connectivity index (χ1) is 20.5. The number of sulfonamides is 1. The first-order valence-corrected chi connectivity index (χ1v) is 16.3. The number of carbonyl (C=O) groups is 2. The third-order valence-corrected chi connectivity index (χ3v) is 10.0. The average Bonchev–Trinajstić information content (AvgIpc) is 3.03. The number of carbonyl (C=O) groups excluding carboxylic acids is 2. The van der Waals surface area contributed by atoms with Gasteiger partial charge in [-0.25, -0.2) is 8.42 Å². The maximum atomic E-state index is 13.5. The van der Waals surface area contributed by atoms with E-state index in [0.29, 0.717) is 48.2 Å². The number of aliphatic hydroxyl groups is 1. The zero-order valence-corrected chi connectivity index (χ0v) is 26.4. The van der Waals surface area contributed by atoms with Crippen LogP contribution in [-0.4, -0.2) is 111 Å². The number of likely N-dealkylation sites (N-methyl/N-ethyl adjacent to an activating group) is 1. The predicted octanol–water partition coefficient (Wildman–Crippen LogP) is 2.47. The zero-order valence-electron chi connectivity index (χ0n) is 24.9. The fourth-order valence-corrected chi connectivity index (χ4v) is 6.48. The van der Waals surface area contributed by atoms with Crippen LogP contribution in [-0.2, 0) is 30.8 Å². The molecule has 0 saturated carbocycles. The average molecular weight is 637 g/mol. The Morgan fingerprint density at radius 1 is 1.19 bits per heavy atom. The van der Waals surface area contributed by atoms with Crippen molar-refractivity contribution >= 4 is 39.1 Å². The van der Waals surface area contributed by atoms with E-state index in [0.717, 1.165) is 13.1 Å². The van der Waals surface area contributed by atoms with Gasteiger partial charge in [0.2, 0.25) is 21.8 Å². The summed E-state index contributed by atoms with van der Waals surface area (Å²) < 4.78 is 39.7. The molecule has 13 heteroatoms. The molecule has 4 rings (SSSR count). The molecule has 0 aromatic heterocycles. The minimum Gasteiger partial charge on any atom is -0.488 e. The highest BCUT2D eigenvalue weighted by atomic mass is 35.5. The molecule has 2 aromatic rings. The van der Waals surface area contributed by atoms with Crippen LogP contribution in [0, 0.1) is 5.92 Å². The lowest BCUT2D eigenvalue weighted by Gasteiger charge is -2.33. The summed E-state index contributed by atoms with van der Waals surface area (Å²) in [5, 5.41) is 13.2. The summed E-state index contributed by atoms with van der Waals surface area (Å²) in [4.78, 5) is 30.1. The molecule has 2 amide bonds. The number of benzene rings is 2. The molecule has 1 fully saturated rings. The molecule has 2 aromatic carbocycles. The van der Waals surface area contributed by atoms with Crippen LogP contribution in [0.3, 0.4) is 0 Å². The highest BCUT2D eigenvalue weighted by molar-refractivity contribution is 7.89. The van der Waals surface area contributed by atoms with Crippen LogP contribution in [0.5, 0.6) is 5.75 Å². The van der Waals surface area contributed by atoms with Gasteiger partial charge in [0.25, 0.3) is 0 Å². The van der Waals surface area contributed by atoms with Gasteiger partial charge in [0, 0.05) is 61.8 Å². The number of hydrogen-bond donors (Lipinski definition) is 2. The van der Waals surface area contributed by atoms with Gasteiger partial charge >= 0.3 is 0 Å². The van der Waals surface area contributed by atoms with Crippen molar-refractivity contribution in [3.8, 4) is 5.75 Å². The summed E-state index contributed by atoms with van der Waals surface area (Å²) in [7, 11) is -2.36. The Labute approximate surface area is 258 Å². The van der Waals surface area contributed by atoms with Crippen molar-refractivity contribution < 1.29 is 32.6 Å². The maximum absolute atomic E-state index is 13.5. The Bertz CT molecular complexity index is 1370. The van der Waals surface area contributed by atoms with Gasteiger partial charge in [-0.2, -0.15) is 4.31 Å². The van der Waals surface area contributed by atoms with Crippen molar-refractivity contribution in [1.82, 2.24) is 14.1 Å².